The largest absolute Gasteiger partial charge is 0.412 e. The van der Waals surface area contributed by atoms with E-state index in [1.54, 1.807) is 10.9 Å². The van der Waals surface area contributed by atoms with Gasteiger partial charge in [0.2, 0.25) is 0 Å². The van der Waals surface area contributed by atoms with Gasteiger partial charge >= 0.3 is 0 Å². The van der Waals surface area contributed by atoms with Crippen LogP contribution in [0.5, 0.6) is 0 Å². The summed E-state index contributed by atoms with van der Waals surface area (Å²) in [5.41, 5.74) is 6.75. The Labute approximate surface area is 108 Å². The lowest BCUT2D eigenvalue weighted by molar-refractivity contribution is -0.0432. The number of imidazole rings is 1. The molecule has 9 heteroatoms. The van der Waals surface area contributed by atoms with Crippen molar-refractivity contribution in [2.75, 3.05) is 12.3 Å². The number of hydrogen-bond donors (Lipinski definition) is 3. The van der Waals surface area contributed by atoms with Crippen molar-refractivity contribution in [3.63, 3.8) is 0 Å². The molecule has 1 unspecified atom stereocenters. The smallest absolute Gasteiger partial charge is 0.167 e. The highest BCUT2D eigenvalue weighted by Gasteiger charge is 2.35. The van der Waals surface area contributed by atoms with E-state index in [0.717, 1.165) is 0 Å². The number of fused-ring (bicyclic) bond motifs is 1. The minimum Gasteiger partial charge on any atom is -0.412 e. The van der Waals surface area contributed by atoms with Crippen molar-refractivity contribution in [2.45, 2.75) is 24.9 Å². The van der Waals surface area contributed by atoms with Gasteiger partial charge in [-0.2, -0.15) is 0 Å². The maximum atomic E-state index is 9.71. The number of nitrogens with zero attached hydrogens (tertiary/aromatic N) is 4. The van der Waals surface area contributed by atoms with E-state index in [4.69, 9.17) is 15.6 Å². The summed E-state index contributed by atoms with van der Waals surface area (Å²) in [5.74, 6) is 0.302. The molecule has 104 valence electrons. The zero-order valence-electron chi connectivity index (χ0n) is 9.97. The third-order valence-electron chi connectivity index (χ3n) is 3.08. The molecule has 0 spiro atoms. The van der Waals surface area contributed by atoms with E-state index in [2.05, 4.69) is 15.0 Å². The third-order valence-corrected chi connectivity index (χ3v) is 3.08. The molecule has 0 aromatic carbocycles. The van der Waals surface area contributed by atoms with Gasteiger partial charge in [-0.3, -0.25) is 4.57 Å². The summed E-state index contributed by atoms with van der Waals surface area (Å²) in [6.45, 7) is -0.221. The lowest BCUT2D eigenvalue weighted by Crippen LogP contribution is -2.24. The van der Waals surface area contributed by atoms with Crippen LogP contribution in [0, 0.1) is 0 Å². The molecular weight excluding hydrogens is 269 g/mol. The van der Waals surface area contributed by atoms with Gasteiger partial charge in [-0.25, -0.2) is 15.0 Å². The van der Waals surface area contributed by atoms with Crippen molar-refractivity contribution in [2.24, 2.45) is 0 Å². The summed E-state index contributed by atoms with van der Waals surface area (Å²) < 4.78 is 7.22. The van der Waals surface area contributed by atoms with E-state index in [9.17, 15) is 5.11 Å². The second-order valence-corrected chi connectivity index (χ2v) is 4.20. The van der Waals surface area contributed by atoms with Crippen molar-refractivity contribution in [1.82, 2.24) is 19.5 Å². The Morgan fingerprint density at radius 3 is 2.89 bits per heavy atom. The summed E-state index contributed by atoms with van der Waals surface area (Å²) in [6, 6.07) is 0. The molecule has 0 radical (unpaired) electrons. The van der Waals surface area contributed by atoms with Gasteiger partial charge in [-0.05, 0) is 0 Å². The lowest BCUT2D eigenvalue weighted by Gasteiger charge is -2.13. The van der Waals surface area contributed by atoms with Crippen molar-refractivity contribution in [3.05, 3.63) is 12.7 Å². The number of anilines is 1. The molecule has 3 rings (SSSR count). The highest BCUT2D eigenvalue weighted by atomic mass is 16.8. The molecule has 1 saturated heterocycles. The number of rotatable bonds is 2. The van der Waals surface area contributed by atoms with Gasteiger partial charge in [0.05, 0.1) is 19.0 Å². The van der Waals surface area contributed by atoms with E-state index in [-0.39, 0.29) is 12.1 Å². The number of aliphatic hydroxyl groups is 2. The Hall–Kier alpha value is -1.81. The highest BCUT2D eigenvalue weighted by Crippen LogP contribution is 2.30. The number of ether oxygens (including phenoxy) is 1. The van der Waals surface area contributed by atoms with Gasteiger partial charge in [0.1, 0.15) is 24.2 Å². The van der Waals surface area contributed by atoms with Gasteiger partial charge < -0.3 is 26.2 Å². The molecule has 2 aromatic rings. The summed E-state index contributed by atoms with van der Waals surface area (Å²) in [7, 11) is 0. The Morgan fingerprint density at radius 1 is 1.42 bits per heavy atom. The van der Waals surface area contributed by atoms with Gasteiger partial charge in [0.25, 0.3) is 0 Å². The van der Waals surface area contributed by atoms with Crippen LogP contribution in [0.2, 0.25) is 0 Å². The molecule has 2 aromatic heterocycles. The molecule has 0 aliphatic carbocycles. The molecule has 0 bridgehead atoms. The van der Waals surface area contributed by atoms with Gasteiger partial charge in [0.15, 0.2) is 11.5 Å². The fraction of sp³-hybridized carbons (Fsp3) is 0.500. The zero-order valence-corrected chi connectivity index (χ0v) is 9.97. The molecule has 0 amide bonds. The number of nitrogen functional groups attached to an aromatic ring is 1. The Balaban J connectivity index is 0.00000133. The maximum absolute atomic E-state index is 9.71. The molecule has 1 fully saturated rings. The second-order valence-electron chi connectivity index (χ2n) is 4.20. The second kappa shape index (κ2) is 5.05. The first-order valence-corrected chi connectivity index (χ1v) is 5.58. The standard InChI is InChI=1S/C10H13N5O3.H2O/c11-9-8-10(13-3-12-9)15(4-14-8)7-1-5(17)6(2-16)18-7;/h3-7,16-17H,1-2H2,(H2,11,12,13);1H2/t5?,6-,7-;/m1./s1/i1+1,2+1,3+1,4+1,5+1,6+1,7+1,8+1,9+1,10+1,11+1,12+1,13+1,14+1,15+1;. The normalized spacial score (nSPS) is 26.5. The van der Waals surface area contributed by atoms with Crippen LogP contribution in [0.3, 0.4) is 0 Å². The lowest BCUT2D eigenvalue weighted by atomic mass is 11.1. The molecule has 1 aliphatic heterocycles. The molecule has 6 N–H and O–H groups in total. The predicted octanol–water partition coefficient (Wildman–Crippen LogP) is -1.78. The summed E-state index contributed by atoms with van der Waals surface area (Å²) in [6.07, 6.45) is 1.60. The Morgan fingerprint density at radius 2 is 2.21 bits per heavy atom. The van der Waals surface area contributed by atoms with E-state index >= 15 is 0 Å². The van der Waals surface area contributed by atoms with Crippen LogP contribution in [-0.2, 0) is 4.74 Å². The van der Waals surface area contributed by atoms with E-state index in [1.807, 2.05) is 0 Å². The molecule has 0 saturated carbocycles. The number of aliphatic hydroxyl groups excluding tert-OH is 2. The first kappa shape index (κ1) is 13.6. The minimum absolute atomic E-state index is 0. The first-order chi connectivity index (χ1) is 8.70. The molecular formula is C10H15N5O4. The first-order valence-electron chi connectivity index (χ1n) is 5.58. The van der Waals surface area contributed by atoms with E-state index < -0.39 is 18.4 Å². The summed E-state index contributed by atoms with van der Waals surface area (Å²) in [5, 5.41) is 18.8. The number of aromatic nitrogens is 4. The van der Waals surface area contributed by atoms with Crippen molar-refractivity contribution in [1.29, 1.82) is 0 Å². The van der Waals surface area contributed by atoms with Crippen LogP contribution in [-0.4, -0.2) is 54.0 Å². The number of hydrogen-bond acceptors (Lipinski definition) is 7. The summed E-state index contributed by atoms with van der Waals surface area (Å²) in [4.78, 5) is 12.1. The van der Waals surface area contributed by atoms with Crippen LogP contribution >= 0.6 is 0 Å². The van der Waals surface area contributed by atoms with Crippen molar-refractivity contribution < 1.29 is 20.4 Å². The summed E-state index contributed by atoms with van der Waals surface area (Å²) >= 11 is 0. The van der Waals surface area contributed by atoms with Crippen molar-refractivity contribution >= 4 is 17.0 Å². The van der Waals surface area contributed by atoms with Crippen LogP contribution in [0.1, 0.15) is 12.6 Å². The molecule has 3 heterocycles. The molecule has 1 aliphatic rings. The average Bonchev–Trinajstić information content (AvgIpc) is 2.93. The topological polar surface area (TPSA) is 151 Å². The fourth-order valence-electron chi connectivity index (χ4n) is 2.13. The zero-order chi connectivity index (χ0) is 12.7. The Bertz CT molecular complexity index is 574. The van der Waals surface area contributed by atoms with Crippen LogP contribution in [0.15, 0.2) is 12.7 Å². The van der Waals surface area contributed by atoms with Crippen molar-refractivity contribution in [3.8, 4) is 0 Å². The van der Waals surface area contributed by atoms with Gasteiger partial charge in [-0.1, -0.05) is 0 Å². The third kappa shape index (κ3) is 2.12. The SMILES string of the molecule is O.[15NH2][13c]1[15n][13cH][15n][13c]2[13c]1[15n][13cH][15n]2[13C@H]1[13CH2][13CH](O)[13C@@H]([13CH2]O)O1. The highest BCUT2D eigenvalue weighted by molar-refractivity contribution is 5.81. The maximum Gasteiger partial charge on any atom is 0.167 e. The van der Waals surface area contributed by atoms with Gasteiger partial charge in [0, 0.05) is 6.42 Å². The van der Waals surface area contributed by atoms with Gasteiger partial charge in [-0.15, -0.1) is 0 Å². The quantitative estimate of drug-likeness (QED) is 0.435. The molecule has 3 atom stereocenters. The molecule has 19 heavy (non-hydrogen) atoms. The average molecular weight is 284 g/mol. The molecule has 9 nitrogen and oxygen atoms in total. The van der Waals surface area contributed by atoms with Crippen LogP contribution in [0.4, 0.5) is 5.82 Å². The fourth-order valence-corrected chi connectivity index (χ4v) is 2.13. The van der Waals surface area contributed by atoms with Crippen LogP contribution < -0.4 is 5.73 Å². The van der Waals surface area contributed by atoms with Crippen LogP contribution in [0.25, 0.3) is 11.2 Å². The Kier molecular flexibility index (Phi) is 3.62. The number of nitrogens with two attached hydrogens (primary N) is 1. The predicted molar refractivity (Wildman–Crippen MR) is 65.0 cm³/mol. The monoisotopic (exact) mass is 284 g/mol. The van der Waals surface area contributed by atoms with E-state index in [1.165, 1.54) is 6.33 Å². The minimum atomic E-state index is -0.698. The van der Waals surface area contributed by atoms with E-state index in [0.29, 0.717) is 23.4 Å².